The molecule has 0 aliphatic carbocycles. The maximum atomic E-state index is 11.2. The number of hydrogen-bond acceptors (Lipinski definition) is 5. The molecule has 0 spiro atoms. The van der Waals surface area contributed by atoms with Crippen molar-refractivity contribution in [2.45, 2.75) is 26.7 Å². The molecule has 0 aromatic heterocycles. The highest BCUT2D eigenvalue weighted by atomic mass is 16.6. The smallest absolute Gasteiger partial charge is 0.306 e. The number of nitro groups is 1. The van der Waals surface area contributed by atoms with Gasteiger partial charge in [0.15, 0.2) is 0 Å². The van der Waals surface area contributed by atoms with Crippen molar-refractivity contribution < 1.29 is 19.2 Å². The van der Waals surface area contributed by atoms with E-state index in [1.54, 1.807) is 18.2 Å². The lowest BCUT2D eigenvalue weighted by atomic mass is 10.3. The molecule has 1 aromatic rings. The fourth-order valence-corrected chi connectivity index (χ4v) is 1.47. The Morgan fingerprint density at radius 1 is 1.33 bits per heavy atom. The topological polar surface area (TPSA) is 78.7 Å². The Morgan fingerprint density at radius 3 is 2.57 bits per heavy atom. The van der Waals surface area contributed by atoms with Gasteiger partial charge in [-0.25, -0.2) is 0 Å². The molecular weight excluding hydrogens is 274 g/mol. The van der Waals surface area contributed by atoms with Crippen molar-refractivity contribution in [1.29, 1.82) is 0 Å². The fourth-order valence-electron chi connectivity index (χ4n) is 1.47. The second-order valence-corrected chi connectivity index (χ2v) is 4.52. The Morgan fingerprint density at radius 2 is 2.00 bits per heavy atom. The summed E-state index contributed by atoms with van der Waals surface area (Å²) in [6, 6.07) is 5.88. The van der Waals surface area contributed by atoms with E-state index in [0.717, 1.165) is 12.0 Å². The predicted molar refractivity (Wildman–Crippen MR) is 78.2 cm³/mol. The van der Waals surface area contributed by atoms with Gasteiger partial charge in [0, 0.05) is 18.6 Å². The van der Waals surface area contributed by atoms with E-state index < -0.39 is 4.92 Å². The molecule has 0 aliphatic rings. The molecule has 0 amide bonds. The fraction of sp³-hybridized carbons (Fsp3) is 0.400. The molecule has 0 unspecified atom stereocenters. The highest BCUT2D eigenvalue weighted by Gasteiger charge is 2.04. The SMILES string of the molecule is CCCC(=O)OC/C=C(\C)COc1ccc([N+](=O)[O-])cc1. The second kappa shape index (κ2) is 8.73. The first kappa shape index (κ1) is 16.7. The first-order chi connectivity index (χ1) is 10.0. The molecule has 0 aliphatic heterocycles. The maximum absolute atomic E-state index is 11.2. The van der Waals surface area contributed by atoms with Gasteiger partial charge in [-0.15, -0.1) is 0 Å². The molecule has 0 saturated carbocycles. The molecule has 0 bridgehead atoms. The third kappa shape index (κ3) is 6.56. The van der Waals surface area contributed by atoms with Gasteiger partial charge < -0.3 is 9.47 Å². The zero-order valence-corrected chi connectivity index (χ0v) is 12.2. The number of benzene rings is 1. The summed E-state index contributed by atoms with van der Waals surface area (Å²) in [4.78, 5) is 21.2. The summed E-state index contributed by atoms with van der Waals surface area (Å²) < 4.78 is 10.5. The predicted octanol–water partition coefficient (Wildman–Crippen LogP) is 3.26. The summed E-state index contributed by atoms with van der Waals surface area (Å²) in [5.41, 5.74) is 0.940. The number of non-ortho nitro benzene ring substituents is 1. The van der Waals surface area contributed by atoms with Crippen LogP contribution in [-0.4, -0.2) is 24.1 Å². The summed E-state index contributed by atoms with van der Waals surface area (Å²) in [5.74, 6) is 0.342. The Kier molecular flexibility index (Phi) is 6.94. The minimum absolute atomic E-state index is 0.0254. The van der Waals surface area contributed by atoms with Gasteiger partial charge >= 0.3 is 5.97 Å². The molecule has 0 fully saturated rings. The summed E-state index contributed by atoms with van der Waals surface area (Å²) in [6.07, 6.45) is 2.97. The Hall–Kier alpha value is -2.37. The average molecular weight is 293 g/mol. The number of nitro benzene ring substituents is 1. The van der Waals surface area contributed by atoms with Crippen LogP contribution in [0.25, 0.3) is 0 Å². The van der Waals surface area contributed by atoms with Crippen molar-refractivity contribution in [3.05, 3.63) is 46.0 Å². The molecular formula is C15H19NO5. The Balaban J connectivity index is 2.36. The average Bonchev–Trinajstić information content (AvgIpc) is 2.46. The van der Waals surface area contributed by atoms with E-state index in [0.29, 0.717) is 18.8 Å². The number of nitrogens with zero attached hydrogens (tertiary/aromatic N) is 1. The third-order valence-electron chi connectivity index (χ3n) is 2.64. The molecule has 0 heterocycles. The zero-order chi connectivity index (χ0) is 15.7. The minimum Gasteiger partial charge on any atom is -0.489 e. The minimum atomic E-state index is -0.459. The Bertz CT molecular complexity index is 507. The van der Waals surface area contributed by atoms with E-state index in [2.05, 4.69) is 0 Å². The second-order valence-electron chi connectivity index (χ2n) is 4.52. The van der Waals surface area contributed by atoms with E-state index >= 15 is 0 Å². The molecule has 114 valence electrons. The lowest BCUT2D eigenvalue weighted by Crippen LogP contribution is -2.05. The van der Waals surface area contributed by atoms with E-state index in [-0.39, 0.29) is 18.3 Å². The van der Waals surface area contributed by atoms with Gasteiger partial charge in [-0.2, -0.15) is 0 Å². The Labute approximate surface area is 123 Å². The van der Waals surface area contributed by atoms with Gasteiger partial charge in [0.05, 0.1) is 4.92 Å². The number of rotatable bonds is 8. The lowest BCUT2D eigenvalue weighted by molar-refractivity contribution is -0.384. The monoisotopic (exact) mass is 293 g/mol. The van der Waals surface area contributed by atoms with E-state index in [1.807, 2.05) is 13.8 Å². The van der Waals surface area contributed by atoms with Crippen LogP contribution in [0.4, 0.5) is 5.69 Å². The summed E-state index contributed by atoms with van der Waals surface area (Å²) in [5, 5.41) is 10.5. The van der Waals surface area contributed by atoms with Crippen LogP contribution < -0.4 is 4.74 Å². The van der Waals surface area contributed by atoms with E-state index in [9.17, 15) is 14.9 Å². The van der Waals surface area contributed by atoms with Gasteiger partial charge in [-0.05, 0) is 37.1 Å². The molecule has 0 atom stereocenters. The van der Waals surface area contributed by atoms with Gasteiger partial charge in [-0.1, -0.05) is 6.92 Å². The molecule has 0 saturated heterocycles. The van der Waals surface area contributed by atoms with E-state index in [4.69, 9.17) is 9.47 Å². The van der Waals surface area contributed by atoms with Gasteiger partial charge in [0.25, 0.3) is 5.69 Å². The van der Waals surface area contributed by atoms with Crippen LogP contribution in [0.3, 0.4) is 0 Å². The lowest BCUT2D eigenvalue weighted by Gasteiger charge is -2.06. The molecule has 0 radical (unpaired) electrons. The highest BCUT2D eigenvalue weighted by Crippen LogP contribution is 2.17. The number of esters is 1. The molecule has 6 nitrogen and oxygen atoms in total. The van der Waals surface area contributed by atoms with Crippen molar-refractivity contribution in [3.63, 3.8) is 0 Å². The van der Waals surface area contributed by atoms with Crippen molar-refractivity contribution in [2.24, 2.45) is 0 Å². The first-order valence-corrected chi connectivity index (χ1v) is 6.71. The normalized spacial score (nSPS) is 11.0. The van der Waals surface area contributed by atoms with Crippen LogP contribution in [0.2, 0.25) is 0 Å². The molecule has 21 heavy (non-hydrogen) atoms. The quantitative estimate of drug-likeness (QED) is 0.318. The van der Waals surface area contributed by atoms with Crippen LogP contribution in [-0.2, 0) is 9.53 Å². The molecule has 6 heteroatoms. The van der Waals surface area contributed by atoms with Gasteiger partial charge in [-0.3, -0.25) is 14.9 Å². The summed E-state index contributed by atoms with van der Waals surface area (Å²) in [7, 11) is 0. The number of carbonyl (C=O) groups is 1. The first-order valence-electron chi connectivity index (χ1n) is 6.71. The maximum Gasteiger partial charge on any atom is 0.306 e. The molecule has 1 rings (SSSR count). The highest BCUT2D eigenvalue weighted by molar-refractivity contribution is 5.69. The van der Waals surface area contributed by atoms with Crippen LogP contribution in [0.1, 0.15) is 26.7 Å². The largest absolute Gasteiger partial charge is 0.489 e. The molecule has 1 aromatic carbocycles. The number of ether oxygens (including phenoxy) is 2. The van der Waals surface area contributed by atoms with Crippen molar-refractivity contribution in [1.82, 2.24) is 0 Å². The zero-order valence-electron chi connectivity index (χ0n) is 12.2. The van der Waals surface area contributed by atoms with Crippen LogP contribution >= 0.6 is 0 Å². The van der Waals surface area contributed by atoms with Crippen molar-refractivity contribution in [3.8, 4) is 5.75 Å². The van der Waals surface area contributed by atoms with Gasteiger partial charge in [0.2, 0.25) is 0 Å². The number of hydrogen-bond donors (Lipinski definition) is 0. The third-order valence-corrected chi connectivity index (χ3v) is 2.64. The van der Waals surface area contributed by atoms with Crippen LogP contribution in [0.15, 0.2) is 35.9 Å². The van der Waals surface area contributed by atoms with Gasteiger partial charge in [0.1, 0.15) is 19.0 Å². The summed E-state index contributed by atoms with van der Waals surface area (Å²) in [6.45, 7) is 4.34. The summed E-state index contributed by atoms with van der Waals surface area (Å²) >= 11 is 0. The van der Waals surface area contributed by atoms with E-state index in [1.165, 1.54) is 12.1 Å². The molecule has 0 N–H and O–H groups in total. The van der Waals surface area contributed by atoms with Crippen molar-refractivity contribution >= 4 is 11.7 Å². The number of carbonyl (C=O) groups excluding carboxylic acids is 1. The van der Waals surface area contributed by atoms with Crippen LogP contribution in [0.5, 0.6) is 5.75 Å². The van der Waals surface area contributed by atoms with Crippen LogP contribution in [0, 0.1) is 10.1 Å². The standard InChI is InChI=1S/C15H19NO5/c1-3-4-15(17)20-10-9-12(2)11-21-14-7-5-13(6-8-14)16(18)19/h5-9H,3-4,10-11H2,1-2H3/b12-9+. The van der Waals surface area contributed by atoms with Crippen molar-refractivity contribution in [2.75, 3.05) is 13.2 Å².